The second kappa shape index (κ2) is 4.41. The minimum Gasteiger partial charge on any atom is -0.299 e. The predicted octanol–water partition coefficient (Wildman–Crippen LogP) is 3.69. The maximum Gasteiger partial charge on any atom is 0.140 e. The van der Waals surface area contributed by atoms with E-state index in [1.807, 2.05) is 13.0 Å². The van der Waals surface area contributed by atoms with Crippen LogP contribution in [0.25, 0.3) is 0 Å². The molecule has 0 amide bonds. The smallest absolute Gasteiger partial charge is 0.140 e. The average Bonchev–Trinajstić information content (AvgIpc) is 2.21. The van der Waals surface area contributed by atoms with Crippen LogP contribution in [0.1, 0.15) is 44.4 Å². The van der Waals surface area contributed by atoms with Crippen molar-refractivity contribution in [1.29, 1.82) is 0 Å². The van der Waals surface area contributed by atoms with Gasteiger partial charge in [0, 0.05) is 11.9 Å². The highest BCUT2D eigenvalue weighted by molar-refractivity contribution is 6.30. The van der Waals surface area contributed by atoms with Gasteiger partial charge in [-0.15, -0.1) is 0 Å². The molecule has 1 aliphatic carbocycles. The molecule has 0 unspecified atom stereocenters. The number of Topliss-reactive ketones (excluding diaryl/α,β-unsaturated/α-hetero) is 1. The van der Waals surface area contributed by atoms with Crippen LogP contribution in [0.2, 0.25) is 5.02 Å². The number of carbonyl (C=O) groups excluding carboxylic acids is 1. The molecule has 0 aliphatic heterocycles. The average molecular weight is 252 g/mol. The zero-order valence-corrected chi connectivity index (χ0v) is 11.3. The predicted molar refractivity (Wildman–Crippen MR) is 69.4 cm³/mol. The fourth-order valence-corrected chi connectivity index (χ4v) is 3.06. The summed E-state index contributed by atoms with van der Waals surface area (Å²) < 4.78 is 0. The summed E-state index contributed by atoms with van der Waals surface area (Å²) in [5.74, 6) is 0.909. The molecule has 0 saturated heterocycles. The van der Waals surface area contributed by atoms with E-state index in [2.05, 4.69) is 11.9 Å². The highest BCUT2D eigenvalue weighted by Gasteiger charge is 2.49. The summed E-state index contributed by atoms with van der Waals surface area (Å²) in [6.45, 7) is 5.82. The normalized spacial score (nSPS) is 27.6. The molecule has 1 saturated carbocycles. The van der Waals surface area contributed by atoms with Crippen LogP contribution in [0, 0.1) is 12.8 Å². The van der Waals surface area contributed by atoms with Gasteiger partial charge in [0.05, 0.1) is 10.4 Å². The Kier molecular flexibility index (Phi) is 3.26. The number of aromatic nitrogens is 1. The molecule has 3 heteroatoms. The molecule has 1 aromatic heterocycles. The van der Waals surface area contributed by atoms with Gasteiger partial charge in [-0.25, -0.2) is 0 Å². The summed E-state index contributed by atoms with van der Waals surface area (Å²) in [5.41, 5.74) is 1.64. The number of aryl methyl sites for hydroxylation is 1. The number of carbonyl (C=O) groups is 1. The molecule has 17 heavy (non-hydrogen) atoms. The number of rotatable bonds is 3. The third kappa shape index (κ3) is 1.99. The molecular formula is C14H18ClNO. The molecule has 0 bridgehead atoms. The molecule has 2 rings (SSSR count). The van der Waals surface area contributed by atoms with Gasteiger partial charge in [-0.05, 0) is 44.2 Å². The van der Waals surface area contributed by atoms with E-state index in [1.54, 1.807) is 13.1 Å². The minimum atomic E-state index is -0.317. The van der Waals surface area contributed by atoms with E-state index in [0.29, 0.717) is 10.9 Å². The van der Waals surface area contributed by atoms with Crippen LogP contribution < -0.4 is 0 Å². The third-order valence-electron chi connectivity index (χ3n) is 4.09. The second-order valence-corrected chi connectivity index (χ2v) is 5.54. The van der Waals surface area contributed by atoms with Crippen molar-refractivity contribution in [3.05, 3.63) is 28.5 Å². The van der Waals surface area contributed by atoms with E-state index in [1.165, 1.54) is 0 Å². The van der Waals surface area contributed by atoms with Crippen molar-refractivity contribution in [1.82, 2.24) is 4.98 Å². The van der Waals surface area contributed by atoms with Crippen LogP contribution in [0.5, 0.6) is 0 Å². The first-order valence-corrected chi connectivity index (χ1v) is 6.51. The van der Waals surface area contributed by atoms with E-state index < -0.39 is 0 Å². The zero-order chi connectivity index (χ0) is 12.6. The lowest BCUT2D eigenvalue weighted by atomic mass is 9.56. The largest absolute Gasteiger partial charge is 0.299 e. The van der Waals surface area contributed by atoms with Crippen molar-refractivity contribution in [3.63, 3.8) is 0 Å². The van der Waals surface area contributed by atoms with Gasteiger partial charge in [-0.2, -0.15) is 0 Å². The second-order valence-electron chi connectivity index (χ2n) is 5.11. The van der Waals surface area contributed by atoms with Crippen LogP contribution in [-0.2, 0) is 10.2 Å². The monoisotopic (exact) mass is 251 g/mol. The van der Waals surface area contributed by atoms with E-state index >= 15 is 0 Å². The first-order valence-electron chi connectivity index (χ1n) is 6.13. The number of nitrogens with zero attached hydrogens (tertiary/aromatic N) is 1. The lowest BCUT2D eigenvalue weighted by Gasteiger charge is -2.46. The SMILES string of the molecule is CCC1CC(C(C)=O)(c2cc(Cl)cnc2C)C1. The zero-order valence-electron chi connectivity index (χ0n) is 10.6. The Bertz CT molecular complexity index is 450. The first-order chi connectivity index (χ1) is 7.99. The summed E-state index contributed by atoms with van der Waals surface area (Å²) in [6, 6.07) is 1.91. The van der Waals surface area contributed by atoms with E-state index in [-0.39, 0.29) is 11.2 Å². The van der Waals surface area contributed by atoms with Crippen molar-refractivity contribution in [3.8, 4) is 0 Å². The Morgan fingerprint density at radius 2 is 2.24 bits per heavy atom. The minimum absolute atomic E-state index is 0.245. The van der Waals surface area contributed by atoms with Gasteiger partial charge in [-0.1, -0.05) is 24.9 Å². The van der Waals surface area contributed by atoms with Gasteiger partial charge < -0.3 is 0 Å². The van der Waals surface area contributed by atoms with Crippen LogP contribution in [0.15, 0.2) is 12.3 Å². The van der Waals surface area contributed by atoms with Crippen molar-refractivity contribution in [2.75, 3.05) is 0 Å². The van der Waals surface area contributed by atoms with Gasteiger partial charge in [-0.3, -0.25) is 9.78 Å². The Morgan fingerprint density at radius 3 is 2.76 bits per heavy atom. The fourth-order valence-electron chi connectivity index (χ4n) is 2.90. The number of ketones is 1. The van der Waals surface area contributed by atoms with Crippen LogP contribution in [-0.4, -0.2) is 10.8 Å². The first kappa shape index (κ1) is 12.6. The van der Waals surface area contributed by atoms with Gasteiger partial charge in [0.15, 0.2) is 0 Å². The lowest BCUT2D eigenvalue weighted by molar-refractivity contribution is -0.127. The van der Waals surface area contributed by atoms with Crippen molar-refractivity contribution >= 4 is 17.4 Å². The summed E-state index contributed by atoms with van der Waals surface area (Å²) in [6.07, 6.45) is 4.68. The van der Waals surface area contributed by atoms with E-state index in [0.717, 1.165) is 30.5 Å². The molecule has 1 aliphatic rings. The maximum atomic E-state index is 12.0. The Hall–Kier alpha value is -0.890. The fraction of sp³-hybridized carbons (Fsp3) is 0.571. The summed E-state index contributed by atoms with van der Waals surface area (Å²) in [4.78, 5) is 16.3. The molecule has 1 fully saturated rings. The number of hydrogen-bond acceptors (Lipinski definition) is 2. The molecular weight excluding hydrogens is 234 g/mol. The maximum absolute atomic E-state index is 12.0. The molecule has 2 nitrogen and oxygen atoms in total. The Morgan fingerprint density at radius 1 is 1.59 bits per heavy atom. The van der Waals surface area contributed by atoms with Crippen LogP contribution in [0.3, 0.4) is 0 Å². The topological polar surface area (TPSA) is 30.0 Å². The van der Waals surface area contributed by atoms with Crippen LogP contribution >= 0.6 is 11.6 Å². The highest BCUT2D eigenvalue weighted by atomic mass is 35.5. The molecule has 0 aromatic carbocycles. The molecule has 0 spiro atoms. The van der Waals surface area contributed by atoms with Gasteiger partial charge in [0.2, 0.25) is 0 Å². The third-order valence-corrected chi connectivity index (χ3v) is 4.30. The van der Waals surface area contributed by atoms with Crippen molar-refractivity contribution in [2.24, 2.45) is 5.92 Å². The molecule has 92 valence electrons. The van der Waals surface area contributed by atoms with Gasteiger partial charge in [0.25, 0.3) is 0 Å². The summed E-state index contributed by atoms with van der Waals surface area (Å²) >= 11 is 6.01. The Balaban J connectivity index is 2.41. The van der Waals surface area contributed by atoms with Crippen molar-refractivity contribution < 1.29 is 4.79 Å². The molecule has 0 N–H and O–H groups in total. The highest BCUT2D eigenvalue weighted by Crippen LogP contribution is 2.50. The Labute approximate surface area is 107 Å². The number of pyridine rings is 1. The summed E-state index contributed by atoms with van der Waals surface area (Å²) in [5, 5.41) is 0.617. The van der Waals surface area contributed by atoms with E-state index in [9.17, 15) is 4.79 Å². The van der Waals surface area contributed by atoms with Crippen LogP contribution in [0.4, 0.5) is 0 Å². The summed E-state index contributed by atoms with van der Waals surface area (Å²) in [7, 11) is 0. The molecule has 1 aromatic rings. The molecule has 0 atom stereocenters. The molecule has 1 heterocycles. The quantitative estimate of drug-likeness (QED) is 0.820. The number of hydrogen-bond donors (Lipinski definition) is 0. The molecule has 0 radical (unpaired) electrons. The van der Waals surface area contributed by atoms with Crippen molar-refractivity contribution in [2.45, 2.75) is 45.4 Å². The van der Waals surface area contributed by atoms with E-state index in [4.69, 9.17) is 11.6 Å². The van der Waals surface area contributed by atoms with Gasteiger partial charge >= 0.3 is 0 Å². The standard InChI is InChI=1S/C14H18ClNO/c1-4-11-6-14(7-11,10(3)17)13-5-12(15)8-16-9(13)2/h5,8,11H,4,6-7H2,1-3H3. The number of halogens is 1. The lowest BCUT2D eigenvalue weighted by Crippen LogP contribution is -2.47. The van der Waals surface area contributed by atoms with Gasteiger partial charge in [0.1, 0.15) is 5.78 Å².